The van der Waals surface area contributed by atoms with Crippen molar-refractivity contribution in [3.63, 3.8) is 0 Å². The molecule has 0 amide bonds. The van der Waals surface area contributed by atoms with Crippen LogP contribution in [0.5, 0.6) is 0 Å². The molecule has 122 valence electrons. The van der Waals surface area contributed by atoms with Gasteiger partial charge in [0.15, 0.2) is 6.17 Å². The van der Waals surface area contributed by atoms with E-state index >= 15 is 0 Å². The molecule has 20 heavy (non-hydrogen) atoms. The Morgan fingerprint density at radius 2 is 1.10 bits per heavy atom. The van der Waals surface area contributed by atoms with Crippen molar-refractivity contribution in [1.29, 1.82) is 0 Å². The molecule has 0 spiro atoms. The summed E-state index contributed by atoms with van der Waals surface area (Å²) in [5, 5.41) is 15.4. The van der Waals surface area contributed by atoms with E-state index in [0.717, 1.165) is 0 Å². The first-order valence-corrected chi connectivity index (χ1v) is 4.77. The summed E-state index contributed by atoms with van der Waals surface area (Å²) >= 11 is 0. The van der Waals surface area contributed by atoms with Crippen molar-refractivity contribution in [2.45, 2.75) is 49.2 Å². The highest BCUT2D eigenvalue weighted by atomic mass is 19.4. The zero-order valence-electron chi connectivity index (χ0n) is 9.46. The highest BCUT2D eigenvalue weighted by Crippen LogP contribution is 2.56. The summed E-state index contributed by atoms with van der Waals surface area (Å²) in [6.07, 6.45) is -5.39. The lowest BCUT2D eigenvalue weighted by molar-refractivity contribution is -0.458. The summed E-state index contributed by atoms with van der Waals surface area (Å²) < 4.78 is 127. The lowest BCUT2D eigenvalue weighted by atomic mass is 9.94. The van der Waals surface area contributed by atoms with Crippen LogP contribution in [0.2, 0.25) is 0 Å². The van der Waals surface area contributed by atoms with Gasteiger partial charge in [-0.1, -0.05) is 6.92 Å². The fourth-order valence-electron chi connectivity index (χ4n) is 1.06. The second-order valence-electron chi connectivity index (χ2n) is 3.81. The van der Waals surface area contributed by atoms with Crippen LogP contribution < -0.4 is 0 Å². The van der Waals surface area contributed by atoms with Gasteiger partial charge in [-0.2, -0.15) is 39.5 Å². The smallest absolute Gasteiger partial charge is 0.335 e. The zero-order valence-corrected chi connectivity index (χ0v) is 9.46. The first-order valence-electron chi connectivity index (χ1n) is 4.77. The topological polar surface area (TPSA) is 40.5 Å². The molecule has 0 aromatic rings. The quantitative estimate of drug-likeness (QED) is 0.582. The highest BCUT2D eigenvalue weighted by Gasteiger charge is 2.86. The molecule has 12 heteroatoms. The fraction of sp³-hybridized carbons (Fsp3) is 1.00. The molecule has 0 saturated heterocycles. The van der Waals surface area contributed by atoms with E-state index in [1.807, 2.05) is 0 Å². The van der Waals surface area contributed by atoms with Gasteiger partial charge in [0.2, 0.25) is 0 Å². The van der Waals surface area contributed by atoms with Gasteiger partial charge in [0.05, 0.1) is 0 Å². The highest BCUT2D eigenvalue weighted by molar-refractivity contribution is 5.07. The lowest BCUT2D eigenvalue weighted by Gasteiger charge is -2.39. The second-order valence-corrected chi connectivity index (χ2v) is 3.81. The molecule has 0 fully saturated rings. The van der Waals surface area contributed by atoms with Crippen molar-refractivity contribution in [3.8, 4) is 0 Å². The maximum Gasteiger partial charge on any atom is 0.400 e. The van der Waals surface area contributed by atoms with Crippen LogP contribution in [0.4, 0.5) is 43.9 Å². The van der Waals surface area contributed by atoms with Crippen LogP contribution in [0.15, 0.2) is 0 Å². The van der Waals surface area contributed by atoms with Crippen LogP contribution >= 0.6 is 0 Å². The molecular formula is C8H8F10O2. The summed E-state index contributed by atoms with van der Waals surface area (Å²) in [5.74, 6) is -27.7. The Bertz CT molecular complexity index is 348. The average Bonchev–Trinajstić information content (AvgIpc) is 2.25. The van der Waals surface area contributed by atoms with E-state index in [9.17, 15) is 43.9 Å². The Balaban J connectivity index is 5.94. The standard InChI is InChI=1S/C8H8F10O2/c1-2-3(9)4(10,11)5(12,13)6(14,15)7(16,17)8(18,19)20/h3,19-20H,2H2,1H3. The van der Waals surface area contributed by atoms with Gasteiger partial charge in [0, 0.05) is 0 Å². The number of hydrogen-bond acceptors (Lipinski definition) is 2. The van der Waals surface area contributed by atoms with Crippen LogP contribution in [0.3, 0.4) is 0 Å². The molecular weight excluding hydrogens is 318 g/mol. The third-order valence-corrected chi connectivity index (χ3v) is 2.36. The molecule has 0 aliphatic carbocycles. The number of halogens is 10. The minimum absolute atomic E-state index is 0.530. The van der Waals surface area contributed by atoms with Crippen molar-refractivity contribution in [2.24, 2.45) is 0 Å². The molecule has 0 aliphatic heterocycles. The maximum atomic E-state index is 12.8. The Kier molecular flexibility index (Phi) is 4.70. The lowest BCUT2D eigenvalue weighted by Crippen LogP contribution is -2.69. The summed E-state index contributed by atoms with van der Waals surface area (Å²) in [6, 6.07) is -6.23. The number of hydrogen-bond donors (Lipinski definition) is 2. The van der Waals surface area contributed by atoms with Gasteiger partial charge < -0.3 is 10.2 Å². The molecule has 0 heterocycles. The summed E-state index contributed by atoms with van der Waals surface area (Å²) in [6.45, 7) is 0.530. The van der Waals surface area contributed by atoms with Crippen LogP contribution in [0.1, 0.15) is 13.3 Å². The van der Waals surface area contributed by atoms with Gasteiger partial charge in [-0.15, -0.1) is 0 Å². The van der Waals surface area contributed by atoms with Crippen LogP contribution in [-0.4, -0.2) is 46.1 Å². The monoisotopic (exact) mass is 326 g/mol. The minimum Gasteiger partial charge on any atom is -0.335 e. The van der Waals surface area contributed by atoms with E-state index in [-0.39, 0.29) is 0 Å². The predicted octanol–water partition coefficient (Wildman–Crippen LogP) is 2.88. The third-order valence-electron chi connectivity index (χ3n) is 2.36. The first kappa shape index (κ1) is 19.2. The summed E-state index contributed by atoms with van der Waals surface area (Å²) in [5.41, 5.74) is 0. The molecule has 0 radical (unpaired) electrons. The van der Waals surface area contributed by atoms with Gasteiger partial charge in [0.25, 0.3) is 0 Å². The first-order chi connectivity index (χ1) is 8.48. The van der Waals surface area contributed by atoms with Gasteiger partial charge in [0.1, 0.15) is 0 Å². The molecule has 1 unspecified atom stereocenters. The van der Waals surface area contributed by atoms with E-state index < -0.39 is 42.3 Å². The van der Waals surface area contributed by atoms with Crippen LogP contribution in [0.25, 0.3) is 0 Å². The molecule has 0 aromatic carbocycles. The summed E-state index contributed by atoms with van der Waals surface area (Å²) in [4.78, 5) is 0. The second kappa shape index (κ2) is 4.90. The van der Waals surface area contributed by atoms with E-state index in [1.54, 1.807) is 0 Å². The van der Waals surface area contributed by atoms with Crippen molar-refractivity contribution in [3.05, 3.63) is 0 Å². The van der Waals surface area contributed by atoms with Gasteiger partial charge in [-0.25, -0.2) is 4.39 Å². The molecule has 1 atom stereocenters. The Morgan fingerprint density at radius 3 is 1.35 bits per heavy atom. The van der Waals surface area contributed by atoms with Crippen molar-refractivity contribution >= 4 is 0 Å². The fourth-order valence-corrected chi connectivity index (χ4v) is 1.06. The largest absolute Gasteiger partial charge is 0.400 e. The Morgan fingerprint density at radius 1 is 0.750 bits per heavy atom. The number of alkyl halides is 10. The number of rotatable bonds is 6. The van der Waals surface area contributed by atoms with Crippen molar-refractivity contribution in [2.75, 3.05) is 0 Å². The normalized spacial score (nSPS) is 17.2. The van der Waals surface area contributed by atoms with Crippen molar-refractivity contribution in [1.82, 2.24) is 0 Å². The van der Waals surface area contributed by atoms with Gasteiger partial charge >= 0.3 is 29.7 Å². The molecule has 2 N–H and O–H groups in total. The SMILES string of the molecule is CCC(F)C(F)(F)C(F)(F)C(F)(F)C(F)(F)C(O)(O)F. The third kappa shape index (κ3) is 2.43. The molecule has 0 aromatic heterocycles. The Hall–Kier alpha value is -0.780. The molecule has 0 rings (SSSR count). The van der Waals surface area contributed by atoms with Gasteiger partial charge in [-0.05, 0) is 6.42 Å². The predicted molar refractivity (Wildman–Crippen MR) is 43.3 cm³/mol. The van der Waals surface area contributed by atoms with Crippen molar-refractivity contribution < 1.29 is 54.1 Å². The van der Waals surface area contributed by atoms with E-state index in [2.05, 4.69) is 0 Å². The van der Waals surface area contributed by atoms with Crippen LogP contribution in [0, 0.1) is 0 Å². The van der Waals surface area contributed by atoms with E-state index in [4.69, 9.17) is 10.2 Å². The molecule has 2 nitrogen and oxygen atoms in total. The average molecular weight is 326 g/mol. The molecule has 0 saturated carbocycles. The molecule has 0 bridgehead atoms. The van der Waals surface area contributed by atoms with Crippen LogP contribution in [-0.2, 0) is 0 Å². The number of aliphatic hydroxyl groups is 2. The minimum atomic E-state index is -7.29. The summed E-state index contributed by atoms with van der Waals surface area (Å²) in [7, 11) is 0. The van der Waals surface area contributed by atoms with E-state index in [0.29, 0.717) is 6.92 Å². The zero-order chi connectivity index (χ0) is 16.8. The Labute approximate surface area is 105 Å². The van der Waals surface area contributed by atoms with E-state index in [1.165, 1.54) is 0 Å². The van der Waals surface area contributed by atoms with Gasteiger partial charge in [-0.3, -0.25) is 0 Å². The maximum absolute atomic E-state index is 12.8. The molecule has 0 aliphatic rings.